The molecule has 1 aromatic heterocycles. The number of hydrogen-bond acceptors (Lipinski definition) is 3. The predicted molar refractivity (Wildman–Crippen MR) is 139 cm³/mol. The molecule has 2 aliphatic rings. The Balaban J connectivity index is 0.00000167. The van der Waals surface area contributed by atoms with E-state index in [2.05, 4.69) is 23.4 Å². The summed E-state index contributed by atoms with van der Waals surface area (Å²) in [4.78, 5) is 16.2. The molecule has 7 heteroatoms. The minimum Gasteiger partial charge on any atom is -0.338 e. The number of amides is 1. The molecule has 0 saturated carbocycles. The Morgan fingerprint density at radius 2 is 1.77 bits per heavy atom. The molecule has 0 aliphatic carbocycles. The van der Waals surface area contributed by atoms with Crippen molar-refractivity contribution in [1.82, 2.24) is 14.7 Å². The van der Waals surface area contributed by atoms with Gasteiger partial charge in [-0.25, -0.2) is 8.78 Å². The highest BCUT2D eigenvalue weighted by Crippen LogP contribution is 2.41. The minimum atomic E-state index is -2.50. The predicted octanol–water partition coefficient (Wildman–Crippen LogP) is 7.29. The third kappa shape index (κ3) is 5.54. The lowest BCUT2D eigenvalue weighted by Crippen LogP contribution is -2.35. The average Bonchev–Trinajstić information content (AvgIpc) is 3.22. The van der Waals surface area contributed by atoms with Crippen LogP contribution >= 0.6 is 0 Å². The zero-order valence-electron chi connectivity index (χ0n) is 22.3. The molecule has 1 aromatic carbocycles. The fourth-order valence-corrected chi connectivity index (χ4v) is 5.50. The van der Waals surface area contributed by atoms with Crippen molar-refractivity contribution in [3.63, 3.8) is 0 Å². The van der Waals surface area contributed by atoms with Crippen LogP contribution in [-0.2, 0) is 24.2 Å². The quantitative estimate of drug-likeness (QED) is 0.411. The van der Waals surface area contributed by atoms with E-state index in [1.165, 1.54) is 5.69 Å². The zero-order chi connectivity index (χ0) is 25.7. The summed E-state index contributed by atoms with van der Waals surface area (Å²) in [6, 6.07) is 3.91. The Bertz CT molecular complexity index is 1010. The Morgan fingerprint density at radius 3 is 2.37 bits per heavy atom. The van der Waals surface area contributed by atoms with Crippen molar-refractivity contribution in [1.29, 1.82) is 0 Å². The Labute approximate surface area is 209 Å². The smallest absolute Gasteiger partial charge is 0.264 e. The molecule has 2 aromatic rings. The summed E-state index contributed by atoms with van der Waals surface area (Å²) in [7, 11) is 0. The van der Waals surface area contributed by atoms with E-state index in [0.29, 0.717) is 24.7 Å². The molecule has 0 atom stereocenters. The van der Waals surface area contributed by atoms with Crippen LogP contribution in [-0.4, -0.2) is 33.7 Å². The second-order valence-electron chi connectivity index (χ2n) is 9.51. The van der Waals surface area contributed by atoms with Crippen LogP contribution < -0.4 is 4.90 Å². The molecule has 3 heterocycles. The fourth-order valence-electron chi connectivity index (χ4n) is 5.50. The maximum absolute atomic E-state index is 13.7. The highest BCUT2D eigenvalue weighted by molar-refractivity contribution is 5.75. The molecule has 4 rings (SSSR count). The van der Waals surface area contributed by atoms with E-state index in [-0.39, 0.29) is 11.5 Å². The number of hydrogen-bond donors (Lipinski definition) is 0. The third-order valence-electron chi connectivity index (χ3n) is 7.18. The summed E-state index contributed by atoms with van der Waals surface area (Å²) in [5.41, 5.74) is 4.98. The number of aromatic nitrogens is 2. The highest BCUT2D eigenvalue weighted by Gasteiger charge is 2.33. The molecule has 194 valence electrons. The zero-order valence-corrected chi connectivity index (χ0v) is 22.3. The van der Waals surface area contributed by atoms with Crippen LogP contribution in [0.1, 0.15) is 107 Å². The van der Waals surface area contributed by atoms with Crippen molar-refractivity contribution in [3.05, 3.63) is 40.1 Å². The van der Waals surface area contributed by atoms with Crippen LogP contribution in [0.25, 0.3) is 0 Å². The van der Waals surface area contributed by atoms with E-state index in [1.807, 2.05) is 24.8 Å². The SMILES string of the molecule is CC.CCCC(CCC)n1nc(N2CCCc3cc(C)c(C(F)F)cc32)c2c1CCN(C(C)=O)C2. The number of anilines is 2. The second-order valence-corrected chi connectivity index (χ2v) is 9.51. The number of carbonyl (C=O) groups is 1. The summed E-state index contributed by atoms with van der Waals surface area (Å²) in [6.45, 7) is 13.8. The summed E-state index contributed by atoms with van der Waals surface area (Å²) in [5, 5.41) is 5.16. The van der Waals surface area contributed by atoms with Crippen LogP contribution in [0.4, 0.5) is 20.3 Å². The molecule has 0 spiro atoms. The van der Waals surface area contributed by atoms with Crippen molar-refractivity contribution in [2.24, 2.45) is 0 Å². The van der Waals surface area contributed by atoms with Gasteiger partial charge in [0.1, 0.15) is 0 Å². The second kappa shape index (κ2) is 12.0. The molecule has 2 aliphatic heterocycles. The van der Waals surface area contributed by atoms with Crippen molar-refractivity contribution in [2.45, 2.75) is 106 Å². The van der Waals surface area contributed by atoms with Gasteiger partial charge in [0.25, 0.3) is 6.43 Å². The first-order valence-corrected chi connectivity index (χ1v) is 13.4. The van der Waals surface area contributed by atoms with E-state index >= 15 is 0 Å². The maximum atomic E-state index is 13.7. The molecule has 0 radical (unpaired) electrons. The summed E-state index contributed by atoms with van der Waals surface area (Å²) < 4.78 is 29.7. The van der Waals surface area contributed by atoms with E-state index < -0.39 is 6.43 Å². The Morgan fingerprint density at radius 1 is 1.09 bits per heavy atom. The van der Waals surface area contributed by atoms with Gasteiger partial charge in [0.2, 0.25) is 5.91 Å². The van der Waals surface area contributed by atoms with Gasteiger partial charge in [-0.05, 0) is 49.8 Å². The molecular formula is C28H42F2N4O. The number of fused-ring (bicyclic) bond motifs is 2. The van der Waals surface area contributed by atoms with Crippen molar-refractivity contribution < 1.29 is 13.6 Å². The normalized spacial score (nSPS) is 15.1. The number of rotatable bonds is 7. The highest BCUT2D eigenvalue weighted by atomic mass is 19.3. The van der Waals surface area contributed by atoms with Gasteiger partial charge < -0.3 is 9.80 Å². The van der Waals surface area contributed by atoms with Crippen LogP contribution in [0, 0.1) is 6.92 Å². The van der Waals surface area contributed by atoms with E-state index in [4.69, 9.17) is 5.10 Å². The van der Waals surface area contributed by atoms with Crippen LogP contribution in [0.2, 0.25) is 0 Å². The van der Waals surface area contributed by atoms with Gasteiger partial charge in [-0.2, -0.15) is 5.10 Å². The van der Waals surface area contributed by atoms with Gasteiger partial charge in [0.15, 0.2) is 5.82 Å². The number of alkyl halides is 2. The Kier molecular flexibility index (Phi) is 9.31. The van der Waals surface area contributed by atoms with Crippen molar-refractivity contribution in [3.8, 4) is 0 Å². The number of carbonyl (C=O) groups excluding carboxylic acids is 1. The fraction of sp³-hybridized carbons (Fsp3) is 0.643. The standard InChI is InChI=1S/C26H36F2N4O.C2H6/c1-5-8-20(9-6-2)32-23-11-13-30(18(4)33)16-22(23)26(29-32)31-12-7-10-19-14-17(3)21(25(27)28)15-24(19)31;1-2/h14-15,20,25H,5-13,16H2,1-4H3;1-2H3. The van der Waals surface area contributed by atoms with Gasteiger partial charge >= 0.3 is 0 Å². The van der Waals surface area contributed by atoms with Gasteiger partial charge in [0.05, 0.1) is 12.6 Å². The minimum absolute atomic E-state index is 0.0627. The first kappa shape index (κ1) is 27.2. The lowest BCUT2D eigenvalue weighted by Gasteiger charge is -2.33. The largest absolute Gasteiger partial charge is 0.338 e. The van der Waals surface area contributed by atoms with Gasteiger partial charge in [-0.3, -0.25) is 9.48 Å². The monoisotopic (exact) mass is 488 g/mol. The summed E-state index contributed by atoms with van der Waals surface area (Å²) >= 11 is 0. The van der Waals surface area contributed by atoms with Gasteiger partial charge in [0, 0.05) is 48.9 Å². The Hall–Kier alpha value is -2.44. The van der Waals surface area contributed by atoms with Gasteiger partial charge in [-0.15, -0.1) is 0 Å². The van der Waals surface area contributed by atoms with Crippen molar-refractivity contribution >= 4 is 17.4 Å². The van der Waals surface area contributed by atoms with Crippen LogP contribution in [0.15, 0.2) is 12.1 Å². The van der Waals surface area contributed by atoms with Crippen LogP contribution in [0.3, 0.4) is 0 Å². The molecule has 0 saturated heterocycles. The van der Waals surface area contributed by atoms with E-state index in [0.717, 1.165) is 74.1 Å². The number of benzene rings is 1. The average molecular weight is 489 g/mol. The third-order valence-corrected chi connectivity index (χ3v) is 7.18. The first-order valence-electron chi connectivity index (χ1n) is 13.4. The first-order chi connectivity index (χ1) is 16.8. The topological polar surface area (TPSA) is 41.4 Å². The number of nitrogens with zero attached hydrogens (tertiary/aromatic N) is 4. The van der Waals surface area contributed by atoms with E-state index in [1.54, 1.807) is 19.9 Å². The van der Waals surface area contributed by atoms with Gasteiger partial charge in [-0.1, -0.05) is 46.6 Å². The van der Waals surface area contributed by atoms with Crippen molar-refractivity contribution in [2.75, 3.05) is 18.0 Å². The lowest BCUT2D eigenvalue weighted by atomic mass is 9.95. The molecule has 1 amide bonds. The summed E-state index contributed by atoms with van der Waals surface area (Å²) in [6.07, 6.45) is 4.39. The maximum Gasteiger partial charge on any atom is 0.264 e. The lowest BCUT2D eigenvalue weighted by molar-refractivity contribution is -0.129. The van der Waals surface area contributed by atoms with E-state index in [9.17, 15) is 13.6 Å². The molecule has 5 nitrogen and oxygen atoms in total. The molecule has 0 unspecified atom stereocenters. The van der Waals surface area contributed by atoms with Crippen LogP contribution in [0.5, 0.6) is 0 Å². The number of aryl methyl sites for hydroxylation is 2. The molecule has 0 N–H and O–H groups in total. The molecule has 0 fully saturated rings. The summed E-state index contributed by atoms with van der Waals surface area (Å²) in [5.74, 6) is 0.908. The number of halogens is 2. The molecular weight excluding hydrogens is 446 g/mol. The molecule has 35 heavy (non-hydrogen) atoms. The molecule has 0 bridgehead atoms.